The molecule has 3 rings (SSSR count). The third kappa shape index (κ3) is 5.10. The number of amides is 2. The number of carbonyl (C=O) groups excluding carboxylic acids is 2. The van der Waals surface area contributed by atoms with Crippen LogP contribution in [0.2, 0.25) is 0 Å². The summed E-state index contributed by atoms with van der Waals surface area (Å²) in [5.41, 5.74) is 2.20. The van der Waals surface area contributed by atoms with Crippen LogP contribution in [-0.4, -0.2) is 31.0 Å². The molecule has 0 aliphatic carbocycles. The normalized spacial score (nSPS) is 10.1. The molecular weight excluding hydrogens is 370 g/mol. The summed E-state index contributed by atoms with van der Waals surface area (Å²) in [6.07, 6.45) is 3.33. The second-order valence-electron chi connectivity index (χ2n) is 6.14. The SMILES string of the molecule is COc1ccc(NC(=O)c2cccc(C(=O)NCc3ccncc3)c2)c(OC)c1. The molecular formula is C22H21N3O4. The van der Waals surface area contributed by atoms with E-state index in [1.54, 1.807) is 62.0 Å². The molecule has 0 unspecified atom stereocenters. The predicted octanol–water partition coefficient (Wildman–Crippen LogP) is 3.28. The minimum atomic E-state index is -0.350. The average molecular weight is 391 g/mol. The van der Waals surface area contributed by atoms with Gasteiger partial charge in [0.25, 0.3) is 11.8 Å². The number of nitrogens with one attached hydrogen (secondary N) is 2. The van der Waals surface area contributed by atoms with Crippen LogP contribution in [0.5, 0.6) is 11.5 Å². The van der Waals surface area contributed by atoms with Crippen molar-refractivity contribution in [2.45, 2.75) is 6.54 Å². The monoisotopic (exact) mass is 391 g/mol. The fraction of sp³-hybridized carbons (Fsp3) is 0.136. The van der Waals surface area contributed by atoms with Crippen LogP contribution in [-0.2, 0) is 6.54 Å². The lowest BCUT2D eigenvalue weighted by Gasteiger charge is -2.12. The van der Waals surface area contributed by atoms with Crippen molar-refractivity contribution in [2.24, 2.45) is 0 Å². The van der Waals surface area contributed by atoms with Gasteiger partial charge in [0.2, 0.25) is 0 Å². The maximum Gasteiger partial charge on any atom is 0.255 e. The van der Waals surface area contributed by atoms with Crippen molar-refractivity contribution in [3.8, 4) is 11.5 Å². The van der Waals surface area contributed by atoms with Crippen molar-refractivity contribution < 1.29 is 19.1 Å². The maximum absolute atomic E-state index is 12.7. The molecule has 1 heterocycles. The standard InChI is InChI=1S/C22H21N3O4/c1-28-18-6-7-19(20(13-18)29-2)25-22(27)17-5-3-4-16(12-17)21(26)24-14-15-8-10-23-11-9-15/h3-13H,14H2,1-2H3,(H,24,26)(H,25,27). The van der Waals surface area contributed by atoms with Crippen LogP contribution in [0.25, 0.3) is 0 Å². The molecule has 2 amide bonds. The number of rotatable bonds is 7. The summed E-state index contributed by atoms with van der Waals surface area (Å²) < 4.78 is 10.5. The van der Waals surface area contributed by atoms with E-state index in [0.717, 1.165) is 5.56 Å². The van der Waals surface area contributed by atoms with Crippen molar-refractivity contribution in [3.63, 3.8) is 0 Å². The molecule has 2 N–H and O–H groups in total. The lowest BCUT2D eigenvalue weighted by atomic mass is 10.1. The van der Waals surface area contributed by atoms with Crippen LogP contribution >= 0.6 is 0 Å². The molecule has 1 aromatic heterocycles. The number of hydrogen-bond donors (Lipinski definition) is 2. The fourth-order valence-corrected chi connectivity index (χ4v) is 2.68. The van der Waals surface area contributed by atoms with Gasteiger partial charge in [-0.3, -0.25) is 14.6 Å². The minimum Gasteiger partial charge on any atom is -0.497 e. The molecule has 0 spiro atoms. The molecule has 0 aliphatic rings. The molecule has 3 aromatic rings. The molecule has 7 heteroatoms. The first-order valence-corrected chi connectivity index (χ1v) is 8.91. The molecule has 0 bridgehead atoms. The topological polar surface area (TPSA) is 89.5 Å². The number of methoxy groups -OCH3 is 2. The van der Waals surface area contributed by atoms with Gasteiger partial charge in [0.05, 0.1) is 19.9 Å². The van der Waals surface area contributed by atoms with E-state index in [1.165, 1.54) is 7.11 Å². The molecule has 0 saturated carbocycles. The first-order chi connectivity index (χ1) is 14.1. The third-order valence-electron chi connectivity index (χ3n) is 4.25. The van der Waals surface area contributed by atoms with E-state index in [4.69, 9.17) is 9.47 Å². The Kier molecular flexibility index (Phi) is 6.42. The molecule has 0 fully saturated rings. The second kappa shape index (κ2) is 9.36. The Morgan fingerprint density at radius 2 is 1.62 bits per heavy atom. The van der Waals surface area contributed by atoms with Gasteiger partial charge in [0.15, 0.2) is 0 Å². The van der Waals surface area contributed by atoms with Crippen LogP contribution in [0, 0.1) is 0 Å². The van der Waals surface area contributed by atoms with Crippen molar-refractivity contribution in [1.29, 1.82) is 0 Å². The number of benzene rings is 2. The van der Waals surface area contributed by atoms with Gasteiger partial charge >= 0.3 is 0 Å². The minimum absolute atomic E-state index is 0.265. The predicted molar refractivity (Wildman–Crippen MR) is 109 cm³/mol. The molecule has 0 aliphatic heterocycles. The van der Waals surface area contributed by atoms with E-state index in [2.05, 4.69) is 15.6 Å². The molecule has 0 atom stereocenters. The Morgan fingerprint density at radius 3 is 2.31 bits per heavy atom. The van der Waals surface area contributed by atoms with Crippen LogP contribution in [0.1, 0.15) is 26.3 Å². The second-order valence-corrected chi connectivity index (χ2v) is 6.14. The van der Waals surface area contributed by atoms with Crippen LogP contribution in [0.3, 0.4) is 0 Å². The Bertz CT molecular complexity index is 1010. The van der Waals surface area contributed by atoms with Crippen LogP contribution in [0.15, 0.2) is 67.0 Å². The molecule has 0 saturated heterocycles. The molecule has 0 radical (unpaired) electrons. The highest BCUT2D eigenvalue weighted by Crippen LogP contribution is 2.29. The Hall–Kier alpha value is -3.87. The molecule has 148 valence electrons. The average Bonchev–Trinajstić information content (AvgIpc) is 2.78. The van der Waals surface area contributed by atoms with Gasteiger partial charge in [0, 0.05) is 36.1 Å². The summed E-state index contributed by atoms with van der Waals surface area (Å²) in [7, 11) is 3.07. The van der Waals surface area contributed by atoms with Crippen LogP contribution in [0.4, 0.5) is 5.69 Å². The quantitative estimate of drug-likeness (QED) is 0.645. The number of aromatic nitrogens is 1. The van der Waals surface area contributed by atoms with Gasteiger partial charge < -0.3 is 20.1 Å². The zero-order valence-corrected chi connectivity index (χ0v) is 16.1. The number of carbonyl (C=O) groups is 2. The number of ether oxygens (including phenoxy) is 2. The van der Waals surface area contributed by atoms with Gasteiger partial charge in [0.1, 0.15) is 11.5 Å². The van der Waals surface area contributed by atoms with Crippen molar-refractivity contribution in [1.82, 2.24) is 10.3 Å². The molecule has 29 heavy (non-hydrogen) atoms. The van der Waals surface area contributed by atoms with E-state index < -0.39 is 0 Å². The highest BCUT2D eigenvalue weighted by molar-refractivity contribution is 6.06. The van der Waals surface area contributed by atoms with E-state index >= 15 is 0 Å². The van der Waals surface area contributed by atoms with Gasteiger partial charge in [-0.2, -0.15) is 0 Å². The van der Waals surface area contributed by atoms with Gasteiger partial charge in [-0.05, 0) is 48.0 Å². The third-order valence-corrected chi connectivity index (χ3v) is 4.25. The highest BCUT2D eigenvalue weighted by Gasteiger charge is 2.13. The Labute approximate surface area is 168 Å². The van der Waals surface area contributed by atoms with Crippen molar-refractivity contribution in [2.75, 3.05) is 19.5 Å². The van der Waals surface area contributed by atoms with E-state index in [0.29, 0.717) is 34.9 Å². The zero-order chi connectivity index (χ0) is 20.6. The molecule has 7 nitrogen and oxygen atoms in total. The van der Waals surface area contributed by atoms with Gasteiger partial charge in [-0.25, -0.2) is 0 Å². The number of pyridine rings is 1. The van der Waals surface area contributed by atoms with Crippen molar-refractivity contribution >= 4 is 17.5 Å². The summed E-state index contributed by atoms with van der Waals surface area (Å²) in [5.74, 6) is 0.479. The summed E-state index contributed by atoms with van der Waals surface area (Å²) in [6, 6.07) is 15.3. The first kappa shape index (κ1) is 19.9. The summed E-state index contributed by atoms with van der Waals surface area (Å²) >= 11 is 0. The van der Waals surface area contributed by atoms with Crippen LogP contribution < -0.4 is 20.1 Å². The van der Waals surface area contributed by atoms with Crippen molar-refractivity contribution in [3.05, 3.63) is 83.7 Å². The Morgan fingerprint density at radius 1 is 0.897 bits per heavy atom. The summed E-state index contributed by atoms with van der Waals surface area (Å²) in [6.45, 7) is 0.376. The Balaban J connectivity index is 1.70. The highest BCUT2D eigenvalue weighted by atomic mass is 16.5. The largest absolute Gasteiger partial charge is 0.497 e. The van der Waals surface area contributed by atoms with E-state index in [-0.39, 0.29) is 11.8 Å². The maximum atomic E-state index is 12.7. The molecule has 2 aromatic carbocycles. The smallest absolute Gasteiger partial charge is 0.255 e. The fourth-order valence-electron chi connectivity index (χ4n) is 2.68. The number of hydrogen-bond acceptors (Lipinski definition) is 5. The lowest BCUT2D eigenvalue weighted by molar-refractivity contribution is 0.0951. The summed E-state index contributed by atoms with van der Waals surface area (Å²) in [4.78, 5) is 29.0. The number of nitrogens with zero attached hydrogens (tertiary/aromatic N) is 1. The van der Waals surface area contributed by atoms with E-state index in [1.807, 2.05) is 12.1 Å². The number of anilines is 1. The first-order valence-electron chi connectivity index (χ1n) is 8.91. The summed E-state index contributed by atoms with van der Waals surface area (Å²) in [5, 5.41) is 5.62. The van der Waals surface area contributed by atoms with E-state index in [9.17, 15) is 9.59 Å². The lowest BCUT2D eigenvalue weighted by Crippen LogP contribution is -2.23. The van der Waals surface area contributed by atoms with Gasteiger partial charge in [-0.15, -0.1) is 0 Å². The zero-order valence-electron chi connectivity index (χ0n) is 16.1. The van der Waals surface area contributed by atoms with Gasteiger partial charge in [-0.1, -0.05) is 6.07 Å².